The van der Waals surface area contributed by atoms with Gasteiger partial charge in [-0.25, -0.2) is 0 Å². The zero-order chi connectivity index (χ0) is 13.1. The maximum Gasteiger partial charge on any atom is 0.256 e. The van der Waals surface area contributed by atoms with Crippen molar-refractivity contribution in [3.63, 3.8) is 0 Å². The molecule has 0 saturated carbocycles. The number of alkyl halides is 1. The highest BCUT2D eigenvalue weighted by Crippen LogP contribution is 2.16. The molecule has 1 aromatic heterocycles. The standard InChI is InChI=1S/C12H17BrN2O2/c1-8-4-10(16)9(5-14-8)11(17)15-7-12(2,3)6-13/h4-5H,6-7H2,1-3H3,(H,14,16)(H,15,17). The van der Waals surface area contributed by atoms with Crippen molar-refractivity contribution in [1.29, 1.82) is 0 Å². The Labute approximate surface area is 109 Å². The minimum absolute atomic E-state index is 0.0346. The number of hydrogen-bond acceptors (Lipinski definition) is 2. The second-order valence-electron chi connectivity index (χ2n) is 4.87. The molecule has 0 atom stereocenters. The minimum Gasteiger partial charge on any atom is -0.364 e. The number of nitrogens with one attached hydrogen (secondary N) is 2. The number of aromatic amines is 1. The van der Waals surface area contributed by atoms with Crippen LogP contribution >= 0.6 is 15.9 Å². The summed E-state index contributed by atoms with van der Waals surface area (Å²) in [5.41, 5.74) is 0.608. The van der Waals surface area contributed by atoms with E-state index in [1.165, 1.54) is 12.3 Å². The average Bonchev–Trinajstić information content (AvgIpc) is 2.26. The Kier molecular flexibility index (Phi) is 4.51. The minimum atomic E-state index is -0.333. The van der Waals surface area contributed by atoms with Gasteiger partial charge in [0.2, 0.25) is 0 Å². The average molecular weight is 301 g/mol. The van der Waals surface area contributed by atoms with E-state index in [1.54, 1.807) is 6.92 Å². The van der Waals surface area contributed by atoms with Crippen LogP contribution in [0.15, 0.2) is 17.1 Å². The van der Waals surface area contributed by atoms with Gasteiger partial charge in [0.05, 0.1) is 0 Å². The predicted molar refractivity (Wildman–Crippen MR) is 71.7 cm³/mol. The van der Waals surface area contributed by atoms with Crippen LogP contribution in [0, 0.1) is 12.3 Å². The van der Waals surface area contributed by atoms with Gasteiger partial charge in [-0.2, -0.15) is 0 Å². The lowest BCUT2D eigenvalue weighted by Crippen LogP contribution is -2.36. The molecule has 0 saturated heterocycles. The summed E-state index contributed by atoms with van der Waals surface area (Å²) in [7, 11) is 0. The number of rotatable bonds is 4. The Balaban J connectivity index is 2.74. The van der Waals surface area contributed by atoms with Crippen molar-refractivity contribution in [2.75, 3.05) is 11.9 Å². The lowest BCUT2D eigenvalue weighted by Gasteiger charge is -2.21. The molecule has 4 nitrogen and oxygen atoms in total. The van der Waals surface area contributed by atoms with Crippen molar-refractivity contribution < 1.29 is 4.79 Å². The number of aromatic nitrogens is 1. The zero-order valence-corrected chi connectivity index (χ0v) is 11.8. The SMILES string of the molecule is Cc1cc(=O)c(C(=O)NCC(C)(C)CBr)c[nH]1. The summed E-state index contributed by atoms with van der Waals surface area (Å²) in [5, 5.41) is 3.54. The summed E-state index contributed by atoms with van der Waals surface area (Å²) in [4.78, 5) is 26.2. The van der Waals surface area contributed by atoms with Crippen LogP contribution in [-0.4, -0.2) is 22.8 Å². The third kappa shape index (κ3) is 4.00. The Hall–Kier alpha value is -1.10. The molecule has 94 valence electrons. The van der Waals surface area contributed by atoms with E-state index < -0.39 is 0 Å². The molecule has 0 radical (unpaired) electrons. The number of amides is 1. The van der Waals surface area contributed by atoms with E-state index in [4.69, 9.17) is 0 Å². The Morgan fingerprint density at radius 1 is 1.53 bits per heavy atom. The summed E-state index contributed by atoms with van der Waals surface area (Å²) >= 11 is 3.38. The van der Waals surface area contributed by atoms with Gasteiger partial charge in [-0.05, 0) is 12.3 Å². The molecular formula is C12H17BrN2O2. The third-order valence-electron chi connectivity index (χ3n) is 2.39. The number of halogens is 1. The first-order valence-corrected chi connectivity index (χ1v) is 6.51. The lowest BCUT2D eigenvalue weighted by atomic mass is 9.97. The molecule has 2 N–H and O–H groups in total. The summed E-state index contributed by atoms with van der Waals surface area (Å²) in [6.45, 7) is 6.35. The number of H-pyrrole nitrogens is 1. The van der Waals surface area contributed by atoms with Gasteiger partial charge in [0.25, 0.3) is 5.91 Å². The second kappa shape index (κ2) is 5.49. The predicted octanol–water partition coefficient (Wildman–Crippen LogP) is 1.83. The molecule has 1 amide bonds. The van der Waals surface area contributed by atoms with Crippen molar-refractivity contribution in [3.05, 3.63) is 33.7 Å². The fourth-order valence-corrected chi connectivity index (χ4v) is 1.41. The first kappa shape index (κ1) is 14.0. The van der Waals surface area contributed by atoms with E-state index in [0.29, 0.717) is 6.54 Å². The smallest absolute Gasteiger partial charge is 0.256 e. The number of carbonyl (C=O) groups is 1. The topological polar surface area (TPSA) is 62.0 Å². The fraction of sp³-hybridized carbons (Fsp3) is 0.500. The lowest BCUT2D eigenvalue weighted by molar-refractivity contribution is 0.0939. The third-order valence-corrected chi connectivity index (χ3v) is 3.91. The highest BCUT2D eigenvalue weighted by molar-refractivity contribution is 9.09. The molecule has 0 spiro atoms. The molecule has 0 aliphatic carbocycles. The molecule has 0 aliphatic rings. The van der Waals surface area contributed by atoms with Gasteiger partial charge in [0.15, 0.2) is 5.43 Å². The highest BCUT2D eigenvalue weighted by Gasteiger charge is 2.18. The van der Waals surface area contributed by atoms with Gasteiger partial charge in [0, 0.05) is 29.8 Å². The molecule has 0 aromatic carbocycles. The van der Waals surface area contributed by atoms with Crippen LogP contribution in [-0.2, 0) is 0 Å². The van der Waals surface area contributed by atoms with Crippen molar-refractivity contribution in [3.8, 4) is 0 Å². The highest BCUT2D eigenvalue weighted by atomic mass is 79.9. The van der Waals surface area contributed by atoms with Crippen LogP contribution < -0.4 is 10.7 Å². The van der Waals surface area contributed by atoms with Crippen LogP contribution in [0.5, 0.6) is 0 Å². The zero-order valence-electron chi connectivity index (χ0n) is 10.3. The second-order valence-corrected chi connectivity index (χ2v) is 5.44. The maximum absolute atomic E-state index is 11.8. The molecule has 1 aromatic rings. The first-order valence-electron chi connectivity index (χ1n) is 5.39. The van der Waals surface area contributed by atoms with Crippen molar-refractivity contribution >= 4 is 21.8 Å². The quantitative estimate of drug-likeness (QED) is 0.834. The van der Waals surface area contributed by atoms with E-state index in [2.05, 4.69) is 26.2 Å². The molecule has 1 rings (SSSR count). The van der Waals surface area contributed by atoms with Gasteiger partial charge >= 0.3 is 0 Å². The fourth-order valence-electron chi connectivity index (χ4n) is 1.21. The Morgan fingerprint density at radius 3 is 2.71 bits per heavy atom. The molecular weight excluding hydrogens is 284 g/mol. The molecule has 0 aliphatic heterocycles. The van der Waals surface area contributed by atoms with Crippen LogP contribution in [0.3, 0.4) is 0 Å². The van der Waals surface area contributed by atoms with Crippen LogP contribution in [0.4, 0.5) is 0 Å². The number of hydrogen-bond donors (Lipinski definition) is 2. The molecule has 1 heterocycles. The molecule has 0 bridgehead atoms. The van der Waals surface area contributed by atoms with E-state index in [-0.39, 0.29) is 22.3 Å². The summed E-state index contributed by atoms with van der Waals surface area (Å²) in [6, 6.07) is 1.42. The van der Waals surface area contributed by atoms with Crippen LogP contribution in [0.2, 0.25) is 0 Å². The van der Waals surface area contributed by atoms with Crippen molar-refractivity contribution in [2.24, 2.45) is 5.41 Å². The van der Waals surface area contributed by atoms with Gasteiger partial charge in [0.1, 0.15) is 5.56 Å². The molecule has 5 heteroatoms. The molecule has 17 heavy (non-hydrogen) atoms. The van der Waals surface area contributed by atoms with Crippen LogP contribution in [0.25, 0.3) is 0 Å². The summed E-state index contributed by atoms with van der Waals surface area (Å²) in [5.74, 6) is -0.333. The first-order chi connectivity index (χ1) is 7.85. The number of aryl methyl sites for hydroxylation is 1. The van der Waals surface area contributed by atoms with Gasteiger partial charge in [-0.3, -0.25) is 9.59 Å². The molecule has 0 fully saturated rings. The maximum atomic E-state index is 11.8. The van der Waals surface area contributed by atoms with Gasteiger partial charge in [-0.15, -0.1) is 0 Å². The van der Waals surface area contributed by atoms with E-state index in [1.807, 2.05) is 13.8 Å². The Bertz CT molecular complexity index is 466. The molecule has 0 unspecified atom stereocenters. The monoisotopic (exact) mass is 300 g/mol. The summed E-state index contributed by atoms with van der Waals surface area (Å²) < 4.78 is 0. The van der Waals surface area contributed by atoms with Crippen molar-refractivity contribution in [1.82, 2.24) is 10.3 Å². The largest absolute Gasteiger partial charge is 0.364 e. The number of carbonyl (C=O) groups excluding carboxylic acids is 1. The van der Waals surface area contributed by atoms with E-state index >= 15 is 0 Å². The Morgan fingerprint density at radius 2 is 2.18 bits per heavy atom. The van der Waals surface area contributed by atoms with Gasteiger partial charge < -0.3 is 10.3 Å². The van der Waals surface area contributed by atoms with E-state index in [9.17, 15) is 9.59 Å². The van der Waals surface area contributed by atoms with Crippen molar-refractivity contribution in [2.45, 2.75) is 20.8 Å². The normalized spacial score (nSPS) is 11.3. The van der Waals surface area contributed by atoms with E-state index in [0.717, 1.165) is 11.0 Å². The van der Waals surface area contributed by atoms with Gasteiger partial charge in [-0.1, -0.05) is 29.8 Å². The number of pyridine rings is 1. The van der Waals surface area contributed by atoms with Crippen LogP contribution in [0.1, 0.15) is 29.9 Å². The summed E-state index contributed by atoms with van der Waals surface area (Å²) in [6.07, 6.45) is 1.45.